The van der Waals surface area contributed by atoms with Crippen LogP contribution in [-0.4, -0.2) is 22.9 Å². The second-order valence-corrected chi connectivity index (χ2v) is 6.51. The van der Waals surface area contributed by atoms with Crippen LogP contribution in [0.1, 0.15) is 28.1 Å². The molecular formula is C20H19N3O4. The van der Waals surface area contributed by atoms with Crippen molar-refractivity contribution in [3.05, 3.63) is 64.5 Å². The number of anilines is 1. The Hall–Kier alpha value is -3.35. The maximum atomic E-state index is 12.2. The van der Waals surface area contributed by atoms with Gasteiger partial charge in [-0.1, -0.05) is 29.4 Å². The van der Waals surface area contributed by atoms with Crippen LogP contribution in [0.25, 0.3) is 0 Å². The van der Waals surface area contributed by atoms with Gasteiger partial charge in [-0.15, -0.1) is 5.10 Å². The first-order valence-corrected chi connectivity index (χ1v) is 8.64. The van der Waals surface area contributed by atoms with E-state index >= 15 is 0 Å². The number of carbonyl (C=O) groups is 1. The molecule has 0 saturated heterocycles. The molecule has 138 valence electrons. The van der Waals surface area contributed by atoms with Crippen LogP contribution in [0.4, 0.5) is 6.01 Å². The van der Waals surface area contributed by atoms with E-state index in [0.29, 0.717) is 18.1 Å². The molecule has 0 atom stereocenters. The van der Waals surface area contributed by atoms with E-state index in [2.05, 4.69) is 15.5 Å². The number of ether oxygens (including phenoxy) is 2. The Morgan fingerprint density at radius 2 is 1.81 bits per heavy atom. The number of hydrogen-bond donors (Lipinski definition) is 1. The second kappa shape index (κ2) is 7.11. The first-order chi connectivity index (χ1) is 13.1. The maximum absolute atomic E-state index is 12.2. The minimum Gasteiger partial charge on any atom is -0.454 e. The number of rotatable bonds is 5. The fourth-order valence-corrected chi connectivity index (χ4v) is 2.86. The summed E-state index contributed by atoms with van der Waals surface area (Å²) in [6.07, 6.45) is 0.692. The van der Waals surface area contributed by atoms with Gasteiger partial charge in [0, 0.05) is 0 Å². The molecule has 1 aromatic heterocycles. The summed E-state index contributed by atoms with van der Waals surface area (Å²) in [7, 11) is 0. The molecule has 1 aliphatic rings. The molecule has 0 saturated carbocycles. The van der Waals surface area contributed by atoms with Gasteiger partial charge in [-0.25, -0.2) is 0 Å². The topological polar surface area (TPSA) is 86.5 Å². The fraction of sp³-hybridized carbons (Fsp3) is 0.250. The summed E-state index contributed by atoms with van der Waals surface area (Å²) >= 11 is 0. The summed E-state index contributed by atoms with van der Waals surface area (Å²) in [6.45, 7) is 4.30. The fourth-order valence-electron chi connectivity index (χ4n) is 2.86. The highest BCUT2D eigenvalue weighted by molar-refractivity contribution is 5.90. The van der Waals surface area contributed by atoms with Crippen molar-refractivity contribution in [2.75, 3.05) is 12.1 Å². The molecule has 0 spiro atoms. The smallest absolute Gasteiger partial charge is 0.322 e. The average Bonchev–Trinajstić information content (AvgIpc) is 3.27. The highest BCUT2D eigenvalue weighted by Crippen LogP contribution is 2.33. The number of fused-ring (bicyclic) bond motifs is 1. The van der Waals surface area contributed by atoms with Crippen molar-refractivity contribution in [1.29, 1.82) is 0 Å². The van der Waals surface area contributed by atoms with Crippen LogP contribution in [0, 0.1) is 13.8 Å². The van der Waals surface area contributed by atoms with Crippen molar-refractivity contribution in [3.63, 3.8) is 0 Å². The summed E-state index contributed by atoms with van der Waals surface area (Å²) in [5, 5.41) is 10.5. The van der Waals surface area contributed by atoms with Gasteiger partial charge in [-0.3, -0.25) is 10.1 Å². The van der Waals surface area contributed by atoms with Gasteiger partial charge in [0.05, 0.1) is 12.8 Å². The van der Waals surface area contributed by atoms with Crippen molar-refractivity contribution in [2.45, 2.75) is 26.7 Å². The van der Waals surface area contributed by atoms with Gasteiger partial charge >= 0.3 is 6.01 Å². The zero-order chi connectivity index (χ0) is 18.8. The van der Waals surface area contributed by atoms with E-state index in [1.165, 1.54) is 5.56 Å². The third kappa shape index (κ3) is 3.92. The van der Waals surface area contributed by atoms with Crippen molar-refractivity contribution in [3.8, 4) is 11.5 Å². The molecule has 3 aromatic rings. The minimum atomic E-state index is -0.198. The average molecular weight is 365 g/mol. The highest BCUT2D eigenvalue weighted by atomic mass is 16.7. The van der Waals surface area contributed by atoms with E-state index in [-0.39, 0.29) is 25.1 Å². The van der Waals surface area contributed by atoms with Crippen LogP contribution in [0.2, 0.25) is 0 Å². The van der Waals surface area contributed by atoms with Gasteiger partial charge in [-0.05, 0) is 48.2 Å². The highest BCUT2D eigenvalue weighted by Gasteiger charge is 2.15. The van der Waals surface area contributed by atoms with E-state index in [4.69, 9.17) is 13.9 Å². The molecule has 1 N–H and O–H groups in total. The predicted molar refractivity (Wildman–Crippen MR) is 97.9 cm³/mol. The Morgan fingerprint density at radius 3 is 2.67 bits per heavy atom. The van der Waals surface area contributed by atoms with Crippen molar-refractivity contribution in [1.82, 2.24) is 10.2 Å². The molecule has 2 heterocycles. The molecule has 4 rings (SSSR count). The maximum Gasteiger partial charge on any atom is 0.322 e. The van der Waals surface area contributed by atoms with Gasteiger partial charge in [0.25, 0.3) is 0 Å². The van der Waals surface area contributed by atoms with E-state index in [1.807, 2.05) is 50.2 Å². The Balaban J connectivity index is 1.37. The summed E-state index contributed by atoms with van der Waals surface area (Å²) in [6, 6.07) is 11.7. The number of amides is 1. The van der Waals surface area contributed by atoms with Gasteiger partial charge < -0.3 is 13.9 Å². The van der Waals surface area contributed by atoms with Gasteiger partial charge in [-0.2, -0.15) is 0 Å². The van der Waals surface area contributed by atoms with Crippen LogP contribution < -0.4 is 14.8 Å². The summed E-state index contributed by atoms with van der Waals surface area (Å²) < 4.78 is 16.2. The molecule has 0 unspecified atom stereocenters. The first-order valence-electron chi connectivity index (χ1n) is 8.64. The van der Waals surface area contributed by atoms with Crippen LogP contribution >= 0.6 is 0 Å². The van der Waals surface area contributed by atoms with Crippen LogP contribution in [-0.2, 0) is 17.6 Å². The van der Waals surface area contributed by atoms with Crippen molar-refractivity contribution >= 4 is 11.9 Å². The molecule has 0 bridgehead atoms. The summed E-state index contributed by atoms with van der Waals surface area (Å²) in [5.74, 6) is 1.64. The lowest BCUT2D eigenvalue weighted by molar-refractivity contribution is -0.115. The van der Waals surface area contributed by atoms with Gasteiger partial charge in [0.2, 0.25) is 18.6 Å². The number of nitrogens with zero attached hydrogens (tertiary/aromatic N) is 2. The van der Waals surface area contributed by atoms with Crippen molar-refractivity contribution in [2.24, 2.45) is 0 Å². The molecule has 2 aromatic carbocycles. The molecular weight excluding hydrogens is 346 g/mol. The minimum absolute atomic E-state index is 0.0968. The second-order valence-electron chi connectivity index (χ2n) is 6.51. The van der Waals surface area contributed by atoms with Crippen molar-refractivity contribution < 1.29 is 18.7 Å². The standard InChI is InChI=1S/C20H19N3O4/c1-12-3-4-14(7-13(12)2)9-18(24)21-20-23-22-19(27-20)10-15-5-6-16-17(8-15)26-11-25-16/h3-8H,9-11H2,1-2H3,(H,21,23,24). The number of benzene rings is 2. The van der Waals surface area contributed by atoms with Gasteiger partial charge in [0.15, 0.2) is 11.5 Å². The van der Waals surface area contributed by atoms with E-state index in [1.54, 1.807) is 0 Å². The Kier molecular flexibility index (Phi) is 4.50. The van der Waals surface area contributed by atoms with Crippen LogP contribution in [0.5, 0.6) is 11.5 Å². The normalized spacial score (nSPS) is 12.2. The predicted octanol–water partition coefficient (Wildman–Crippen LogP) is 3.19. The zero-order valence-electron chi connectivity index (χ0n) is 15.1. The summed E-state index contributed by atoms with van der Waals surface area (Å²) in [4.78, 5) is 12.2. The molecule has 7 nitrogen and oxygen atoms in total. The third-order valence-corrected chi connectivity index (χ3v) is 4.44. The number of aryl methyl sites for hydroxylation is 2. The lowest BCUT2D eigenvalue weighted by atomic mass is 10.0. The summed E-state index contributed by atoms with van der Waals surface area (Å²) in [5.41, 5.74) is 4.25. The lowest BCUT2D eigenvalue weighted by Gasteiger charge is -2.04. The number of aromatic nitrogens is 2. The van der Waals surface area contributed by atoms with Crippen LogP contribution in [0.3, 0.4) is 0 Å². The molecule has 0 fully saturated rings. The number of carbonyl (C=O) groups excluding carboxylic acids is 1. The van der Waals surface area contributed by atoms with Crippen LogP contribution in [0.15, 0.2) is 40.8 Å². The molecule has 1 aliphatic heterocycles. The number of nitrogens with one attached hydrogen (secondary N) is 1. The molecule has 27 heavy (non-hydrogen) atoms. The van der Waals surface area contributed by atoms with E-state index in [9.17, 15) is 4.79 Å². The quantitative estimate of drug-likeness (QED) is 0.747. The zero-order valence-corrected chi connectivity index (χ0v) is 15.1. The van der Waals surface area contributed by atoms with E-state index in [0.717, 1.165) is 22.4 Å². The molecule has 0 radical (unpaired) electrons. The van der Waals surface area contributed by atoms with E-state index < -0.39 is 0 Å². The Bertz CT molecular complexity index is 997. The monoisotopic (exact) mass is 365 g/mol. The third-order valence-electron chi connectivity index (χ3n) is 4.44. The largest absolute Gasteiger partial charge is 0.454 e. The molecule has 0 aliphatic carbocycles. The first kappa shape index (κ1) is 17.1. The Labute approximate surface area is 156 Å². The lowest BCUT2D eigenvalue weighted by Crippen LogP contribution is -2.14. The Morgan fingerprint density at radius 1 is 1.00 bits per heavy atom. The molecule has 1 amide bonds. The van der Waals surface area contributed by atoms with Gasteiger partial charge in [0.1, 0.15) is 0 Å². The number of hydrogen-bond acceptors (Lipinski definition) is 6. The SMILES string of the molecule is Cc1ccc(CC(=O)Nc2nnc(Cc3ccc4c(c3)OCO4)o2)cc1C. The molecule has 7 heteroatoms.